The Labute approximate surface area is 98.4 Å². The normalized spacial score (nSPS) is 12.0. The summed E-state index contributed by atoms with van der Waals surface area (Å²) in [5.74, 6) is 1.23. The minimum Gasteiger partial charge on any atom is -0.0939 e. The third-order valence-electron chi connectivity index (χ3n) is 2.28. The average molecular weight is 234 g/mol. The van der Waals surface area contributed by atoms with Crippen molar-refractivity contribution in [1.29, 1.82) is 0 Å². The molecule has 0 saturated carbocycles. The van der Waals surface area contributed by atoms with E-state index in [1.165, 1.54) is 44.3 Å². The minimum atomic E-state index is 0.479. The van der Waals surface area contributed by atoms with Crippen LogP contribution in [0, 0.1) is 0 Å². The molecule has 0 saturated heterocycles. The van der Waals surface area contributed by atoms with E-state index >= 15 is 0 Å². The Balaban J connectivity index is 3.35. The van der Waals surface area contributed by atoms with Gasteiger partial charge in [0.25, 0.3) is 0 Å². The lowest BCUT2D eigenvalue weighted by atomic mass is 10.0. The van der Waals surface area contributed by atoms with Crippen molar-refractivity contribution < 1.29 is 0 Å². The summed E-state index contributed by atoms with van der Waals surface area (Å²) >= 11 is 0. The molecule has 0 aromatic heterocycles. The largest absolute Gasteiger partial charge is 0.0939 e. The second-order valence-corrected chi connectivity index (χ2v) is 7.71. The first-order valence-corrected chi connectivity index (χ1v) is 8.25. The van der Waals surface area contributed by atoms with E-state index in [-0.39, 0.29) is 0 Å². The van der Waals surface area contributed by atoms with Gasteiger partial charge in [-0.2, -0.15) is 0 Å². The van der Waals surface area contributed by atoms with Gasteiger partial charge in [-0.3, -0.25) is 0 Å². The van der Waals surface area contributed by atoms with Crippen molar-refractivity contribution in [3.8, 4) is 0 Å². The zero-order valence-electron chi connectivity index (χ0n) is 10.3. The van der Waals surface area contributed by atoms with Crippen molar-refractivity contribution in [1.82, 2.24) is 0 Å². The van der Waals surface area contributed by atoms with Gasteiger partial charge in [0.05, 0.1) is 0 Å². The molecule has 0 aromatic rings. The topological polar surface area (TPSA) is 0 Å². The maximum absolute atomic E-state index is 2.38. The molecule has 0 spiro atoms. The second-order valence-electron chi connectivity index (χ2n) is 4.41. The van der Waals surface area contributed by atoms with E-state index < -0.39 is 0 Å². The molecule has 0 radical (unpaired) electrons. The van der Waals surface area contributed by atoms with E-state index in [1.54, 1.807) is 0 Å². The van der Waals surface area contributed by atoms with Gasteiger partial charge in [0.2, 0.25) is 0 Å². The van der Waals surface area contributed by atoms with Gasteiger partial charge < -0.3 is 0 Å². The quantitative estimate of drug-likeness (QED) is 0.380. The summed E-state index contributed by atoms with van der Waals surface area (Å²) in [6, 6.07) is 0. The highest BCUT2D eigenvalue weighted by molar-refractivity contribution is 8.77. The van der Waals surface area contributed by atoms with Crippen LogP contribution in [0.15, 0.2) is 0 Å². The van der Waals surface area contributed by atoms with Crippen LogP contribution in [0.25, 0.3) is 0 Å². The van der Waals surface area contributed by atoms with Crippen LogP contribution >= 0.6 is 21.6 Å². The first kappa shape index (κ1) is 14.7. The maximum atomic E-state index is 2.38. The Morgan fingerprint density at radius 1 is 0.929 bits per heavy atom. The van der Waals surface area contributed by atoms with Crippen LogP contribution in [-0.4, -0.2) is 10.5 Å². The van der Waals surface area contributed by atoms with Crippen molar-refractivity contribution >= 4 is 21.6 Å². The first-order valence-electron chi connectivity index (χ1n) is 5.93. The van der Waals surface area contributed by atoms with E-state index in [0.717, 1.165) is 0 Å². The fourth-order valence-electron chi connectivity index (χ4n) is 1.41. The molecule has 0 atom stereocenters. The molecule has 14 heavy (non-hydrogen) atoms. The third kappa shape index (κ3) is 9.26. The lowest BCUT2D eigenvalue weighted by Crippen LogP contribution is -2.12. The molecular formula is C12H26S2. The van der Waals surface area contributed by atoms with E-state index in [4.69, 9.17) is 0 Å². The zero-order valence-corrected chi connectivity index (χ0v) is 11.9. The Bertz CT molecular complexity index is 121. The van der Waals surface area contributed by atoms with Gasteiger partial charge in [-0.25, -0.2) is 0 Å². The van der Waals surface area contributed by atoms with Crippen LogP contribution in [-0.2, 0) is 0 Å². The first-order chi connectivity index (χ1) is 6.62. The van der Waals surface area contributed by atoms with Crippen molar-refractivity contribution in [3.63, 3.8) is 0 Å². The number of unbranched alkanes of at least 4 members (excludes halogenated alkanes) is 4. The molecule has 0 heterocycles. The Hall–Kier alpha value is 0.700. The fourth-order valence-corrected chi connectivity index (χ4v) is 3.64. The monoisotopic (exact) mass is 234 g/mol. The van der Waals surface area contributed by atoms with Gasteiger partial charge in [0, 0.05) is 10.5 Å². The van der Waals surface area contributed by atoms with Gasteiger partial charge in [0.15, 0.2) is 0 Å². The van der Waals surface area contributed by atoms with Crippen molar-refractivity contribution in [2.45, 2.75) is 71.0 Å². The van der Waals surface area contributed by atoms with E-state index in [2.05, 4.69) is 38.5 Å². The number of hydrogen-bond acceptors (Lipinski definition) is 2. The van der Waals surface area contributed by atoms with Gasteiger partial charge >= 0.3 is 0 Å². The summed E-state index contributed by atoms with van der Waals surface area (Å²) in [7, 11) is 4.06. The van der Waals surface area contributed by atoms with Crippen LogP contribution in [0.2, 0.25) is 0 Å². The smallest absolute Gasteiger partial charge is 0.0207 e. The molecule has 0 N–H and O–H groups in total. The van der Waals surface area contributed by atoms with E-state index in [1.807, 2.05) is 10.8 Å². The van der Waals surface area contributed by atoms with Crippen LogP contribution in [0.1, 0.15) is 66.2 Å². The highest BCUT2D eigenvalue weighted by Gasteiger charge is 2.17. The van der Waals surface area contributed by atoms with Crippen molar-refractivity contribution in [2.24, 2.45) is 0 Å². The molecule has 86 valence electrons. The van der Waals surface area contributed by atoms with Crippen LogP contribution < -0.4 is 0 Å². The number of hydrogen-bond donors (Lipinski definition) is 0. The summed E-state index contributed by atoms with van der Waals surface area (Å²) in [5, 5.41) is 0. The Morgan fingerprint density at radius 2 is 1.57 bits per heavy atom. The molecule has 0 fully saturated rings. The zero-order chi connectivity index (χ0) is 10.9. The predicted octanol–water partition coefficient (Wildman–Crippen LogP) is 5.53. The van der Waals surface area contributed by atoms with E-state index in [0.29, 0.717) is 4.75 Å². The highest BCUT2D eigenvalue weighted by Crippen LogP contribution is 2.38. The van der Waals surface area contributed by atoms with Crippen LogP contribution in [0.5, 0.6) is 0 Å². The molecule has 0 bridgehead atoms. The van der Waals surface area contributed by atoms with Gasteiger partial charge in [0.1, 0.15) is 0 Å². The summed E-state index contributed by atoms with van der Waals surface area (Å²) in [5.41, 5.74) is 0. The fraction of sp³-hybridized carbons (Fsp3) is 1.00. The molecule has 2 heteroatoms. The van der Waals surface area contributed by atoms with Gasteiger partial charge in [-0.1, -0.05) is 67.5 Å². The molecule has 0 aliphatic carbocycles. The summed E-state index contributed by atoms with van der Waals surface area (Å²) in [6.07, 6.45) is 8.40. The van der Waals surface area contributed by atoms with Gasteiger partial charge in [-0.15, -0.1) is 0 Å². The summed E-state index contributed by atoms with van der Waals surface area (Å²) < 4.78 is 0.479. The lowest BCUT2D eigenvalue weighted by Gasteiger charge is -2.22. The lowest BCUT2D eigenvalue weighted by molar-refractivity contribution is 0.551. The molecule has 0 rings (SSSR count). The Morgan fingerprint density at radius 3 is 2.14 bits per heavy atom. The van der Waals surface area contributed by atoms with Gasteiger partial charge in [-0.05, 0) is 20.3 Å². The molecule has 0 amide bonds. The molecule has 0 aliphatic heterocycles. The van der Waals surface area contributed by atoms with E-state index in [9.17, 15) is 0 Å². The molecule has 0 aromatic carbocycles. The third-order valence-corrected chi connectivity index (χ3v) is 5.71. The molecule has 0 aliphatic rings. The summed E-state index contributed by atoms with van der Waals surface area (Å²) in [4.78, 5) is 0. The maximum Gasteiger partial charge on any atom is 0.0207 e. The molecular weight excluding hydrogens is 208 g/mol. The SMILES string of the molecule is CCCCCCCC(C)(C)SSCC. The highest BCUT2D eigenvalue weighted by atomic mass is 33.1. The minimum absolute atomic E-state index is 0.479. The second kappa shape index (κ2) is 8.96. The van der Waals surface area contributed by atoms with Crippen LogP contribution in [0.3, 0.4) is 0 Å². The average Bonchev–Trinajstić information content (AvgIpc) is 2.15. The standard InChI is InChI=1S/C12H26S2/c1-5-7-8-9-10-11-12(3,4)14-13-6-2/h5-11H2,1-4H3. The summed E-state index contributed by atoms with van der Waals surface area (Å²) in [6.45, 7) is 9.26. The predicted molar refractivity (Wildman–Crippen MR) is 73.2 cm³/mol. The van der Waals surface area contributed by atoms with Crippen molar-refractivity contribution in [2.75, 3.05) is 5.75 Å². The van der Waals surface area contributed by atoms with Crippen LogP contribution in [0.4, 0.5) is 0 Å². The Kier molecular flexibility index (Phi) is 9.41. The van der Waals surface area contributed by atoms with Crippen molar-refractivity contribution in [3.05, 3.63) is 0 Å². The molecule has 0 unspecified atom stereocenters. The number of rotatable bonds is 9. The molecule has 0 nitrogen and oxygen atoms in total.